The molecular weight excluding hydrogens is 354 g/mol. The van der Waals surface area contributed by atoms with Crippen molar-refractivity contribution in [3.63, 3.8) is 0 Å². The number of aromatic nitrogens is 1. The SMILES string of the molecule is COc1ccc(-n2c(C)cc(/C=N/NC(=O)c3ccco3)c2C)cc1Cl. The molecular formula is C19H18ClN3O3. The molecule has 26 heavy (non-hydrogen) atoms. The topological polar surface area (TPSA) is 68.8 Å². The van der Waals surface area contributed by atoms with E-state index in [0.29, 0.717) is 10.8 Å². The Morgan fingerprint density at radius 1 is 1.31 bits per heavy atom. The van der Waals surface area contributed by atoms with Gasteiger partial charge in [-0.1, -0.05) is 11.6 Å². The molecule has 0 saturated carbocycles. The highest BCUT2D eigenvalue weighted by atomic mass is 35.5. The number of nitrogens with one attached hydrogen (secondary N) is 1. The van der Waals surface area contributed by atoms with Crippen molar-refractivity contribution in [2.75, 3.05) is 7.11 Å². The van der Waals surface area contributed by atoms with E-state index in [1.165, 1.54) is 6.26 Å². The molecule has 0 saturated heterocycles. The van der Waals surface area contributed by atoms with Crippen LogP contribution in [-0.2, 0) is 0 Å². The minimum Gasteiger partial charge on any atom is -0.495 e. The van der Waals surface area contributed by atoms with Crippen molar-refractivity contribution >= 4 is 23.7 Å². The van der Waals surface area contributed by atoms with Gasteiger partial charge in [0, 0.05) is 22.6 Å². The van der Waals surface area contributed by atoms with Gasteiger partial charge in [0.15, 0.2) is 5.76 Å². The summed E-state index contributed by atoms with van der Waals surface area (Å²) in [5, 5.41) is 4.55. The van der Waals surface area contributed by atoms with Gasteiger partial charge in [-0.2, -0.15) is 5.10 Å². The lowest BCUT2D eigenvalue weighted by Gasteiger charge is -2.11. The van der Waals surface area contributed by atoms with Crippen molar-refractivity contribution in [1.29, 1.82) is 0 Å². The lowest BCUT2D eigenvalue weighted by molar-refractivity contribution is 0.0927. The third-order valence-corrected chi connectivity index (χ3v) is 4.27. The zero-order chi connectivity index (χ0) is 18.7. The molecule has 0 bridgehead atoms. The van der Waals surface area contributed by atoms with Crippen molar-refractivity contribution < 1.29 is 13.9 Å². The number of nitrogens with zero attached hydrogens (tertiary/aromatic N) is 2. The Bertz CT molecular complexity index is 959. The molecule has 0 aliphatic heterocycles. The van der Waals surface area contributed by atoms with Crippen molar-refractivity contribution in [2.24, 2.45) is 5.10 Å². The number of aryl methyl sites for hydroxylation is 1. The van der Waals surface area contributed by atoms with Gasteiger partial charge in [-0.25, -0.2) is 5.43 Å². The van der Waals surface area contributed by atoms with Crippen molar-refractivity contribution in [3.8, 4) is 11.4 Å². The average Bonchev–Trinajstić information content (AvgIpc) is 3.24. The van der Waals surface area contributed by atoms with Gasteiger partial charge in [-0.15, -0.1) is 0 Å². The zero-order valence-electron chi connectivity index (χ0n) is 14.6. The third-order valence-electron chi connectivity index (χ3n) is 3.98. The molecule has 7 heteroatoms. The summed E-state index contributed by atoms with van der Waals surface area (Å²) < 4.78 is 12.3. The first kappa shape index (κ1) is 17.8. The maximum Gasteiger partial charge on any atom is 0.307 e. The monoisotopic (exact) mass is 371 g/mol. The van der Waals surface area contributed by atoms with Crippen molar-refractivity contribution in [1.82, 2.24) is 9.99 Å². The minimum absolute atomic E-state index is 0.209. The summed E-state index contributed by atoms with van der Waals surface area (Å²) in [4.78, 5) is 11.8. The first-order valence-corrected chi connectivity index (χ1v) is 8.29. The number of ether oxygens (including phenoxy) is 1. The molecule has 0 spiro atoms. The predicted octanol–water partition coefficient (Wildman–Crippen LogP) is 4.11. The number of halogens is 1. The average molecular weight is 372 g/mol. The van der Waals surface area contributed by atoms with Crippen LogP contribution in [0.3, 0.4) is 0 Å². The molecule has 0 aliphatic rings. The number of hydrogen-bond acceptors (Lipinski definition) is 4. The standard InChI is InChI=1S/C19H18ClN3O3/c1-12-9-14(11-21-22-19(24)18-5-4-8-26-18)13(2)23(12)15-6-7-17(25-3)16(20)10-15/h4-11H,1-3H3,(H,22,24)/b21-11+. The second kappa shape index (κ2) is 7.49. The molecule has 0 unspecified atom stereocenters. The number of methoxy groups -OCH3 is 1. The van der Waals surface area contributed by atoms with Gasteiger partial charge in [0.2, 0.25) is 0 Å². The van der Waals surface area contributed by atoms with Crippen LogP contribution in [0.25, 0.3) is 5.69 Å². The van der Waals surface area contributed by atoms with Gasteiger partial charge in [0.05, 0.1) is 24.6 Å². The van der Waals surface area contributed by atoms with E-state index in [4.69, 9.17) is 20.8 Å². The zero-order valence-corrected chi connectivity index (χ0v) is 15.4. The molecule has 3 rings (SSSR count). The fourth-order valence-electron chi connectivity index (χ4n) is 2.73. The highest BCUT2D eigenvalue weighted by Gasteiger charge is 2.12. The van der Waals surface area contributed by atoms with Crippen LogP contribution in [0.5, 0.6) is 5.75 Å². The number of hydrogen-bond donors (Lipinski definition) is 1. The van der Waals surface area contributed by atoms with Gasteiger partial charge >= 0.3 is 5.91 Å². The van der Waals surface area contributed by atoms with Crippen molar-refractivity contribution in [3.05, 3.63) is 70.4 Å². The number of amides is 1. The summed E-state index contributed by atoms with van der Waals surface area (Å²) in [5.41, 5.74) is 6.24. The van der Waals surface area contributed by atoms with E-state index in [9.17, 15) is 4.79 Å². The van der Waals surface area contributed by atoms with E-state index in [1.807, 2.05) is 38.1 Å². The fourth-order valence-corrected chi connectivity index (χ4v) is 2.99. The molecule has 1 amide bonds. The number of benzene rings is 1. The molecule has 6 nitrogen and oxygen atoms in total. The van der Waals surface area contributed by atoms with Crippen LogP contribution in [-0.4, -0.2) is 23.8 Å². The highest BCUT2D eigenvalue weighted by Crippen LogP contribution is 2.28. The van der Waals surface area contributed by atoms with Crippen molar-refractivity contribution in [2.45, 2.75) is 13.8 Å². The number of carbonyl (C=O) groups is 1. The number of rotatable bonds is 5. The quantitative estimate of drug-likeness (QED) is 0.542. The fraction of sp³-hybridized carbons (Fsp3) is 0.158. The molecule has 3 aromatic rings. The van der Waals surface area contributed by atoms with E-state index in [2.05, 4.69) is 15.1 Å². The number of hydrazone groups is 1. The molecule has 1 aromatic carbocycles. The molecule has 2 heterocycles. The summed E-state index contributed by atoms with van der Waals surface area (Å²) in [6.45, 7) is 3.96. The van der Waals surface area contributed by atoms with Crippen LogP contribution >= 0.6 is 11.6 Å². The van der Waals surface area contributed by atoms with Gasteiger partial charge in [-0.3, -0.25) is 4.79 Å². The Kier molecular flexibility index (Phi) is 5.14. The Morgan fingerprint density at radius 2 is 2.12 bits per heavy atom. The van der Waals surface area contributed by atoms with Gasteiger partial charge in [0.1, 0.15) is 5.75 Å². The lowest BCUT2D eigenvalue weighted by atomic mass is 10.2. The molecule has 1 N–H and O–H groups in total. The summed E-state index contributed by atoms with van der Waals surface area (Å²) in [7, 11) is 1.58. The van der Waals surface area contributed by atoms with E-state index in [0.717, 1.165) is 22.6 Å². The second-order valence-corrected chi connectivity index (χ2v) is 6.06. The molecule has 134 valence electrons. The van der Waals surface area contributed by atoms with E-state index < -0.39 is 5.91 Å². The number of furan rings is 1. The minimum atomic E-state index is -0.401. The molecule has 0 radical (unpaired) electrons. The Morgan fingerprint density at radius 3 is 2.77 bits per heavy atom. The van der Waals surface area contributed by atoms with E-state index in [1.54, 1.807) is 25.5 Å². The van der Waals surface area contributed by atoms with Crippen LogP contribution < -0.4 is 10.2 Å². The molecule has 2 aromatic heterocycles. The maximum absolute atomic E-state index is 11.8. The van der Waals surface area contributed by atoms with Gasteiger partial charge in [0.25, 0.3) is 0 Å². The predicted molar refractivity (Wildman–Crippen MR) is 101 cm³/mol. The van der Waals surface area contributed by atoms with Gasteiger partial charge < -0.3 is 13.7 Å². The first-order chi connectivity index (χ1) is 12.5. The maximum atomic E-state index is 11.8. The van der Waals surface area contributed by atoms with E-state index in [-0.39, 0.29) is 5.76 Å². The van der Waals surface area contributed by atoms with Gasteiger partial charge in [-0.05, 0) is 50.2 Å². The van der Waals surface area contributed by atoms with Crippen LogP contribution in [0.2, 0.25) is 5.02 Å². The summed E-state index contributed by atoms with van der Waals surface area (Å²) in [6.07, 6.45) is 3.04. The summed E-state index contributed by atoms with van der Waals surface area (Å²) >= 11 is 6.24. The first-order valence-electron chi connectivity index (χ1n) is 7.91. The summed E-state index contributed by atoms with van der Waals surface area (Å²) in [5.74, 6) is 0.433. The Balaban J connectivity index is 1.83. The highest BCUT2D eigenvalue weighted by molar-refractivity contribution is 6.32. The van der Waals surface area contributed by atoms with Crippen LogP contribution in [0.15, 0.2) is 52.2 Å². The van der Waals surface area contributed by atoms with Crippen LogP contribution in [0.4, 0.5) is 0 Å². The molecule has 0 aliphatic carbocycles. The second-order valence-electron chi connectivity index (χ2n) is 5.66. The Labute approximate surface area is 156 Å². The normalized spacial score (nSPS) is 11.1. The lowest BCUT2D eigenvalue weighted by Crippen LogP contribution is -2.16. The van der Waals surface area contributed by atoms with Crippen LogP contribution in [0, 0.1) is 13.8 Å². The summed E-state index contributed by atoms with van der Waals surface area (Å²) in [6, 6.07) is 10.8. The van der Waals surface area contributed by atoms with E-state index >= 15 is 0 Å². The smallest absolute Gasteiger partial charge is 0.307 e. The third kappa shape index (κ3) is 3.50. The Hall–Kier alpha value is -2.99. The molecule has 0 fully saturated rings. The number of carbonyl (C=O) groups excluding carboxylic acids is 1. The van der Waals surface area contributed by atoms with Crippen LogP contribution in [0.1, 0.15) is 27.5 Å². The molecule has 0 atom stereocenters. The largest absolute Gasteiger partial charge is 0.495 e.